The quantitative estimate of drug-likeness (QED) is 0.782. The average molecular weight is 288 g/mol. The fourth-order valence-corrected chi connectivity index (χ4v) is 2.21. The normalized spacial score (nSPS) is 13.5. The Kier molecular flexibility index (Phi) is 6.87. The van der Waals surface area contributed by atoms with Crippen LogP contribution in [0.1, 0.15) is 48.0 Å². The van der Waals surface area contributed by atoms with Crippen molar-refractivity contribution in [3.05, 3.63) is 17.0 Å². The number of hydrogen-bond donors (Lipinski definition) is 2. The molecular weight excluding hydrogens is 266 g/mol. The number of nitrogens with one attached hydrogen (secondary N) is 2. The van der Waals surface area contributed by atoms with Crippen molar-refractivity contribution in [2.75, 3.05) is 19.6 Å². The van der Waals surface area contributed by atoms with Crippen LogP contribution in [0.4, 0.5) is 0 Å². The Morgan fingerprint density at radius 2 is 2.05 bits per heavy atom. The van der Waals surface area contributed by atoms with Crippen LogP contribution in [-0.4, -0.2) is 30.7 Å². The number of aromatic nitrogens is 1. The summed E-state index contributed by atoms with van der Waals surface area (Å²) in [5, 5.41) is 10.0. The number of nitrogens with zero attached hydrogens (tertiary/aromatic N) is 1. The molecule has 1 aliphatic carbocycles. The number of carbonyl (C=O) groups excluding carboxylic acids is 1. The van der Waals surface area contributed by atoms with Gasteiger partial charge in [-0.25, -0.2) is 0 Å². The zero-order chi connectivity index (χ0) is 12.8. The van der Waals surface area contributed by atoms with Crippen molar-refractivity contribution in [2.45, 2.75) is 39.0 Å². The highest BCUT2D eigenvalue weighted by Gasteiger charge is 2.23. The van der Waals surface area contributed by atoms with Gasteiger partial charge in [0, 0.05) is 25.1 Å². The molecule has 2 rings (SSSR count). The highest BCUT2D eigenvalue weighted by Crippen LogP contribution is 2.23. The van der Waals surface area contributed by atoms with E-state index in [2.05, 4.69) is 22.7 Å². The van der Waals surface area contributed by atoms with Crippen LogP contribution in [0, 0.1) is 0 Å². The minimum atomic E-state index is -0.111. The second kappa shape index (κ2) is 8.17. The number of hydrogen-bond acceptors (Lipinski definition) is 4. The molecule has 1 aromatic heterocycles. The van der Waals surface area contributed by atoms with Gasteiger partial charge in [-0.15, -0.1) is 12.4 Å². The average Bonchev–Trinajstić information content (AvgIpc) is 2.82. The van der Waals surface area contributed by atoms with Crippen molar-refractivity contribution in [3.63, 3.8) is 0 Å². The zero-order valence-electron chi connectivity index (χ0n) is 11.3. The topological polar surface area (TPSA) is 67.2 Å². The number of fused-ring (bicyclic) bond motifs is 1. The minimum Gasteiger partial charge on any atom is -0.360 e. The molecule has 6 heteroatoms. The summed E-state index contributed by atoms with van der Waals surface area (Å²) in [6, 6.07) is 0. The van der Waals surface area contributed by atoms with Crippen LogP contribution in [0.25, 0.3) is 0 Å². The fourth-order valence-electron chi connectivity index (χ4n) is 2.21. The van der Waals surface area contributed by atoms with Crippen LogP contribution in [0.5, 0.6) is 0 Å². The Morgan fingerprint density at radius 1 is 1.26 bits per heavy atom. The lowest BCUT2D eigenvalue weighted by Gasteiger charge is -2.09. The molecule has 0 radical (unpaired) electrons. The highest BCUT2D eigenvalue weighted by atomic mass is 35.5. The third-order valence-corrected chi connectivity index (χ3v) is 3.18. The van der Waals surface area contributed by atoms with Crippen molar-refractivity contribution in [1.29, 1.82) is 0 Å². The summed E-state index contributed by atoms with van der Waals surface area (Å²) < 4.78 is 5.23. The van der Waals surface area contributed by atoms with E-state index in [-0.39, 0.29) is 18.3 Å². The Labute approximate surface area is 119 Å². The summed E-state index contributed by atoms with van der Waals surface area (Å²) in [5.41, 5.74) is 1.50. The van der Waals surface area contributed by atoms with E-state index in [0.29, 0.717) is 12.2 Å². The standard InChI is InChI=1S/C13H21N3O2.ClH/c1-2-7-14-8-9-15-13(17)12-10-5-3-4-6-11(10)18-16-12;/h14H,2-9H2,1H3,(H,15,17);1H. The molecule has 0 spiro atoms. The first-order valence-electron chi connectivity index (χ1n) is 6.79. The number of rotatable bonds is 6. The third-order valence-electron chi connectivity index (χ3n) is 3.18. The Hall–Kier alpha value is -1.07. The van der Waals surface area contributed by atoms with Crippen molar-refractivity contribution >= 4 is 18.3 Å². The predicted octanol–water partition coefficient (Wildman–Crippen LogP) is 1.70. The monoisotopic (exact) mass is 287 g/mol. The number of halogens is 1. The van der Waals surface area contributed by atoms with Gasteiger partial charge in [-0.05, 0) is 32.2 Å². The van der Waals surface area contributed by atoms with Gasteiger partial charge in [0.2, 0.25) is 0 Å². The van der Waals surface area contributed by atoms with Crippen LogP contribution in [0.2, 0.25) is 0 Å². The highest BCUT2D eigenvalue weighted by molar-refractivity contribution is 5.93. The molecule has 1 aliphatic rings. The first-order valence-corrected chi connectivity index (χ1v) is 6.79. The maximum absolute atomic E-state index is 11.9. The molecule has 0 saturated carbocycles. The summed E-state index contributed by atoms with van der Waals surface area (Å²) >= 11 is 0. The van der Waals surface area contributed by atoms with E-state index in [0.717, 1.165) is 56.5 Å². The van der Waals surface area contributed by atoms with E-state index in [1.165, 1.54) is 0 Å². The molecule has 108 valence electrons. The number of carbonyl (C=O) groups is 1. The van der Waals surface area contributed by atoms with Gasteiger partial charge in [0.25, 0.3) is 5.91 Å². The Morgan fingerprint density at radius 3 is 2.84 bits per heavy atom. The van der Waals surface area contributed by atoms with E-state index in [4.69, 9.17) is 4.52 Å². The maximum atomic E-state index is 11.9. The molecule has 0 bridgehead atoms. The molecular formula is C13H22ClN3O2. The van der Waals surface area contributed by atoms with Crippen LogP contribution in [-0.2, 0) is 12.8 Å². The molecule has 1 amide bonds. The number of aryl methyl sites for hydroxylation is 1. The van der Waals surface area contributed by atoms with Gasteiger partial charge in [-0.2, -0.15) is 0 Å². The minimum absolute atomic E-state index is 0. The smallest absolute Gasteiger partial charge is 0.273 e. The lowest BCUT2D eigenvalue weighted by molar-refractivity contribution is 0.0944. The molecule has 19 heavy (non-hydrogen) atoms. The van der Waals surface area contributed by atoms with Crippen molar-refractivity contribution in [2.24, 2.45) is 0 Å². The zero-order valence-corrected chi connectivity index (χ0v) is 12.1. The second-order valence-electron chi connectivity index (χ2n) is 4.65. The molecule has 0 unspecified atom stereocenters. The van der Waals surface area contributed by atoms with Gasteiger partial charge >= 0.3 is 0 Å². The number of amides is 1. The van der Waals surface area contributed by atoms with Gasteiger partial charge in [0.05, 0.1) is 0 Å². The molecule has 1 aromatic rings. The van der Waals surface area contributed by atoms with Crippen molar-refractivity contribution in [3.8, 4) is 0 Å². The second-order valence-corrected chi connectivity index (χ2v) is 4.65. The van der Waals surface area contributed by atoms with Crippen LogP contribution >= 0.6 is 12.4 Å². The first-order chi connectivity index (χ1) is 8.83. The first kappa shape index (κ1) is 16.0. The predicted molar refractivity (Wildman–Crippen MR) is 75.9 cm³/mol. The molecule has 5 nitrogen and oxygen atoms in total. The summed E-state index contributed by atoms with van der Waals surface area (Å²) in [6.45, 7) is 4.52. The van der Waals surface area contributed by atoms with Crippen LogP contribution in [0.3, 0.4) is 0 Å². The molecule has 0 aromatic carbocycles. The van der Waals surface area contributed by atoms with E-state index in [1.54, 1.807) is 0 Å². The Balaban J connectivity index is 0.00000180. The molecule has 0 saturated heterocycles. The summed E-state index contributed by atoms with van der Waals surface area (Å²) in [6.07, 6.45) is 5.17. The fraction of sp³-hybridized carbons (Fsp3) is 0.692. The largest absolute Gasteiger partial charge is 0.360 e. The molecule has 0 atom stereocenters. The van der Waals surface area contributed by atoms with Crippen molar-refractivity contribution < 1.29 is 9.32 Å². The maximum Gasteiger partial charge on any atom is 0.273 e. The van der Waals surface area contributed by atoms with Gasteiger partial charge in [0.1, 0.15) is 5.76 Å². The van der Waals surface area contributed by atoms with E-state index in [1.807, 2.05) is 0 Å². The Bertz CT molecular complexity index is 407. The van der Waals surface area contributed by atoms with Crippen molar-refractivity contribution in [1.82, 2.24) is 15.8 Å². The van der Waals surface area contributed by atoms with Gasteiger partial charge in [0.15, 0.2) is 5.69 Å². The van der Waals surface area contributed by atoms with E-state index < -0.39 is 0 Å². The SMILES string of the molecule is CCCNCCNC(=O)c1noc2c1CCCC2.Cl. The molecule has 0 aliphatic heterocycles. The van der Waals surface area contributed by atoms with Gasteiger partial charge < -0.3 is 15.2 Å². The lowest BCUT2D eigenvalue weighted by atomic mass is 9.96. The summed E-state index contributed by atoms with van der Waals surface area (Å²) in [4.78, 5) is 11.9. The molecule has 1 heterocycles. The van der Waals surface area contributed by atoms with E-state index in [9.17, 15) is 4.79 Å². The molecule has 0 fully saturated rings. The van der Waals surface area contributed by atoms with Gasteiger partial charge in [-0.1, -0.05) is 12.1 Å². The third kappa shape index (κ3) is 4.21. The summed E-state index contributed by atoms with van der Waals surface area (Å²) in [5.74, 6) is 0.788. The van der Waals surface area contributed by atoms with Crippen LogP contribution < -0.4 is 10.6 Å². The van der Waals surface area contributed by atoms with Gasteiger partial charge in [-0.3, -0.25) is 4.79 Å². The lowest BCUT2D eigenvalue weighted by Crippen LogP contribution is -2.32. The van der Waals surface area contributed by atoms with Crippen LogP contribution in [0.15, 0.2) is 4.52 Å². The molecule has 2 N–H and O–H groups in total. The van der Waals surface area contributed by atoms with E-state index >= 15 is 0 Å². The summed E-state index contributed by atoms with van der Waals surface area (Å²) in [7, 11) is 0.